The minimum atomic E-state index is 0. The molecular formula is C5H12BrN. The third kappa shape index (κ3) is 2.29. The molecule has 1 fully saturated rings. The summed E-state index contributed by atoms with van der Waals surface area (Å²) in [5.74, 6) is 0.935. The number of nitrogens with one attached hydrogen (secondary N) is 1. The van der Waals surface area contributed by atoms with Crippen LogP contribution in [0.2, 0.25) is 0 Å². The molecule has 0 saturated carbocycles. The van der Waals surface area contributed by atoms with Gasteiger partial charge in [0, 0.05) is 0 Å². The Morgan fingerprint density at radius 2 is 2.29 bits per heavy atom. The maximum absolute atomic E-state index is 3.27. The van der Waals surface area contributed by atoms with Crippen molar-refractivity contribution < 1.29 is 0 Å². The zero-order chi connectivity index (χ0) is 4.41. The SMILES string of the molecule is Br.CC1CCNC1. The molecule has 7 heavy (non-hydrogen) atoms. The molecule has 0 aromatic heterocycles. The molecule has 0 aromatic carbocycles. The highest BCUT2D eigenvalue weighted by Crippen LogP contribution is 2.03. The van der Waals surface area contributed by atoms with Gasteiger partial charge in [-0.25, -0.2) is 0 Å². The predicted molar refractivity (Wildman–Crippen MR) is 37.0 cm³/mol. The lowest BCUT2D eigenvalue weighted by atomic mass is 10.2. The van der Waals surface area contributed by atoms with Gasteiger partial charge < -0.3 is 5.32 Å². The lowest BCUT2D eigenvalue weighted by Gasteiger charge is -1.90. The fraction of sp³-hybridized carbons (Fsp3) is 1.00. The van der Waals surface area contributed by atoms with E-state index >= 15 is 0 Å². The topological polar surface area (TPSA) is 12.0 Å². The van der Waals surface area contributed by atoms with Crippen molar-refractivity contribution in [1.29, 1.82) is 0 Å². The van der Waals surface area contributed by atoms with E-state index in [-0.39, 0.29) is 17.0 Å². The van der Waals surface area contributed by atoms with Crippen LogP contribution >= 0.6 is 17.0 Å². The van der Waals surface area contributed by atoms with Gasteiger partial charge in [0.05, 0.1) is 0 Å². The van der Waals surface area contributed by atoms with Crippen molar-refractivity contribution >= 4 is 17.0 Å². The molecule has 1 aliphatic rings. The quantitative estimate of drug-likeness (QED) is 0.570. The van der Waals surface area contributed by atoms with Gasteiger partial charge in [0.25, 0.3) is 0 Å². The monoisotopic (exact) mass is 165 g/mol. The van der Waals surface area contributed by atoms with E-state index in [2.05, 4.69) is 12.2 Å². The standard InChI is InChI=1S/C5H11N.BrH/c1-5-2-3-6-4-5;/h5-6H,2-4H2,1H3;1H. The molecule has 2 heteroatoms. The average molecular weight is 166 g/mol. The Balaban J connectivity index is 0.000000360. The molecule has 0 radical (unpaired) electrons. The van der Waals surface area contributed by atoms with Crippen molar-refractivity contribution in [2.75, 3.05) is 13.1 Å². The van der Waals surface area contributed by atoms with Crippen molar-refractivity contribution in [2.24, 2.45) is 5.92 Å². The van der Waals surface area contributed by atoms with Gasteiger partial charge in [-0.05, 0) is 25.4 Å². The number of hydrogen-bond acceptors (Lipinski definition) is 1. The Hall–Kier alpha value is 0.440. The summed E-state index contributed by atoms with van der Waals surface area (Å²) in [6.07, 6.45) is 1.38. The first-order chi connectivity index (χ1) is 2.89. The molecule has 44 valence electrons. The van der Waals surface area contributed by atoms with Gasteiger partial charge in [0.2, 0.25) is 0 Å². The van der Waals surface area contributed by atoms with Crippen LogP contribution in [-0.4, -0.2) is 13.1 Å². The fourth-order valence-electron chi connectivity index (χ4n) is 0.799. The molecule has 1 nitrogen and oxygen atoms in total. The minimum Gasteiger partial charge on any atom is -0.316 e. The summed E-state index contributed by atoms with van der Waals surface area (Å²) in [5.41, 5.74) is 0. The van der Waals surface area contributed by atoms with E-state index < -0.39 is 0 Å². The molecule has 0 amide bonds. The predicted octanol–water partition coefficient (Wildman–Crippen LogP) is 1.19. The van der Waals surface area contributed by atoms with Crippen LogP contribution in [0, 0.1) is 5.92 Å². The van der Waals surface area contributed by atoms with Crippen LogP contribution < -0.4 is 5.32 Å². The Morgan fingerprint density at radius 3 is 2.43 bits per heavy atom. The molecule has 1 saturated heterocycles. The van der Waals surface area contributed by atoms with E-state index in [9.17, 15) is 0 Å². The van der Waals surface area contributed by atoms with Crippen LogP contribution in [0.15, 0.2) is 0 Å². The van der Waals surface area contributed by atoms with E-state index in [1.165, 1.54) is 19.5 Å². The van der Waals surface area contributed by atoms with E-state index in [4.69, 9.17) is 0 Å². The van der Waals surface area contributed by atoms with Gasteiger partial charge in [-0.15, -0.1) is 17.0 Å². The Labute approximate surface area is 55.3 Å². The molecule has 1 atom stereocenters. The number of hydrogen-bond donors (Lipinski definition) is 1. The average Bonchev–Trinajstić information content (AvgIpc) is 1.86. The zero-order valence-electron chi connectivity index (χ0n) is 4.61. The number of halogens is 1. The maximum Gasteiger partial charge on any atom is -0.00227 e. The summed E-state index contributed by atoms with van der Waals surface area (Å²) >= 11 is 0. The molecule has 1 aliphatic heterocycles. The van der Waals surface area contributed by atoms with Crippen molar-refractivity contribution in [3.63, 3.8) is 0 Å². The highest BCUT2D eigenvalue weighted by molar-refractivity contribution is 8.93. The molecule has 1 unspecified atom stereocenters. The molecule has 1 N–H and O–H groups in total. The van der Waals surface area contributed by atoms with Crippen molar-refractivity contribution in [3.8, 4) is 0 Å². The van der Waals surface area contributed by atoms with Crippen molar-refractivity contribution in [2.45, 2.75) is 13.3 Å². The highest BCUT2D eigenvalue weighted by Gasteiger charge is 2.06. The van der Waals surface area contributed by atoms with Gasteiger partial charge in [0.15, 0.2) is 0 Å². The second kappa shape index (κ2) is 3.44. The lowest BCUT2D eigenvalue weighted by Crippen LogP contribution is -2.06. The molecule has 0 aromatic rings. The van der Waals surface area contributed by atoms with Crippen LogP contribution in [-0.2, 0) is 0 Å². The highest BCUT2D eigenvalue weighted by atomic mass is 79.9. The first-order valence-corrected chi connectivity index (χ1v) is 2.60. The lowest BCUT2D eigenvalue weighted by molar-refractivity contribution is 0.651. The second-order valence-corrected chi connectivity index (χ2v) is 2.10. The smallest absolute Gasteiger partial charge is 0.00227 e. The Morgan fingerprint density at radius 1 is 1.57 bits per heavy atom. The molecule has 0 bridgehead atoms. The van der Waals surface area contributed by atoms with Crippen LogP contribution in [0.25, 0.3) is 0 Å². The normalized spacial score (nSPS) is 29.6. The summed E-state index contributed by atoms with van der Waals surface area (Å²) in [6.45, 7) is 4.75. The molecule has 1 heterocycles. The van der Waals surface area contributed by atoms with Gasteiger partial charge in [-0.2, -0.15) is 0 Å². The summed E-state index contributed by atoms with van der Waals surface area (Å²) in [7, 11) is 0. The zero-order valence-corrected chi connectivity index (χ0v) is 6.32. The Kier molecular flexibility index (Phi) is 3.66. The van der Waals surface area contributed by atoms with E-state index in [1.54, 1.807) is 0 Å². The van der Waals surface area contributed by atoms with Gasteiger partial charge >= 0.3 is 0 Å². The summed E-state index contributed by atoms with van der Waals surface area (Å²) in [6, 6.07) is 0. The first-order valence-electron chi connectivity index (χ1n) is 2.60. The third-order valence-corrected chi connectivity index (χ3v) is 1.31. The number of rotatable bonds is 0. The largest absolute Gasteiger partial charge is 0.316 e. The molecule has 0 aliphatic carbocycles. The third-order valence-electron chi connectivity index (χ3n) is 1.31. The molecule has 0 spiro atoms. The van der Waals surface area contributed by atoms with Crippen molar-refractivity contribution in [1.82, 2.24) is 5.32 Å². The first kappa shape index (κ1) is 7.44. The molecular weight excluding hydrogens is 154 g/mol. The van der Waals surface area contributed by atoms with Crippen LogP contribution in [0.3, 0.4) is 0 Å². The minimum absolute atomic E-state index is 0. The molecule has 1 rings (SSSR count). The Bertz CT molecular complexity index is 41.3. The maximum atomic E-state index is 3.27. The van der Waals surface area contributed by atoms with Crippen LogP contribution in [0.4, 0.5) is 0 Å². The van der Waals surface area contributed by atoms with Crippen LogP contribution in [0.5, 0.6) is 0 Å². The van der Waals surface area contributed by atoms with Gasteiger partial charge in [0.1, 0.15) is 0 Å². The summed E-state index contributed by atoms with van der Waals surface area (Å²) in [4.78, 5) is 0. The summed E-state index contributed by atoms with van der Waals surface area (Å²) < 4.78 is 0. The second-order valence-electron chi connectivity index (χ2n) is 2.10. The van der Waals surface area contributed by atoms with Crippen molar-refractivity contribution in [3.05, 3.63) is 0 Å². The summed E-state index contributed by atoms with van der Waals surface area (Å²) in [5, 5.41) is 3.27. The van der Waals surface area contributed by atoms with Crippen LogP contribution in [0.1, 0.15) is 13.3 Å². The fourth-order valence-corrected chi connectivity index (χ4v) is 0.799. The van der Waals surface area contributed by atoms with E-state index in [0.717, 1.165) is 5.92 Å². The van der Waals surface area contributed by atoms with Gasteiger partial charge in [-0.1, -0.05) is 6.92 Å². The van der Waals surface area contributed by atoms with E-state index in [1.807, 2.05) is 0 Å². The van der Waals surface area contributed by atoms with E-state index in [0.29, 0.717) is 0 Å². The van der Waals surface area contributed by atoms with Gasteiger partial charge in [-0.3, -0.25) is 0 Å².